The van der Waals surface area contributed by atoms with Crippen molar-refractivity contribution in [2.45, 2.75) is 13.3 Å². The van der Waals surface area contributed by atoms with Crippen LogP contribution in [0.25, 0.3) is 10.9 Å². The standard InChI is InChI=1S/C20H22N2O3/c1-13(10-14-4-7-18(24-2)19(11-14)25-3)20(23)22-9-8-15-12-16(21)5-6-17(15)22/h4-9,11-13H,10,21H2,1-3H3. The van der Waals surface area contributed by atoms with Gasteiger partial charge in [-0.2, -0.15) is 0 Å². The topological polar surface area (TPSA) is 66.5 Å². The fourth-order valence-electron chi connectivity index (χ4n) is 3.04. The summed E-state index contributed by atoms with van der Waals surface area (Å²) in [5.41, 5.74) is 8.40. The number of rotatable bonds is 5. The molecule has 5 heteroatoms. The molecule has 0 bridgehead atoms. The van der Waals surface area contributed by atoms with Crippen LogP contribution in [0, 0.1) is 5.92 Å². The Bertz CT molecular complexity index is 914. The van der Waals surface area contributed by atoms with Crippen LogP contribution in [0.2, 0.25) is 0 Å². The van der Waals surface area contributed by atoms with Gasteiger partial charge in [-0.25, -0.2) is 0 Å². The largest absolute Gasteiger partial charge is 0.493 e. The minimum atomic E-state index is -0.175. The Morgan fingerprint density at radius 3 is 2.56 bits per heavy atom. The molecule has 1 aromatic heterocycles. The lowest BCUT2D eigenvalue weighted by molar-refractivity contribution is 0.0850. The molecule has 0 saturated carbocycles. The SMILES string of the molecule is COc1ccc(CC(C)C(=O)n2ccc3cc(N)ccc32)cc1OC. The lowest BCUT2D eigenvalue weighted by Crippen LogP contribution is -2.20. The molecule has 5 nitrogen and oxygen atoms in total. The van der Waals surface area contributed by atoms with E-state index in [2.05, 4.69) is 0 Å². The highest BCUT2D eigenvalue weighted by Gasteiger charge is 2.18. The quantitative estimate of drug-likeness (QED) is 0.719. The minimum absolute atomic E-state index is 0.0505. The molecule has 0 aliphatic rings. The normalized spacial score (nSPS) is 12.1. The Balaban J connectivity index is 1.82. The summed E-state index contributed by atoms with van der Waals surface area (Å²) in [4.78, 5) is 12.9. The number of nitrogens with zero attached hydrogens (tertiary/aromatic N) is 1. The van der Waals surface area contributed by atoms with Crippen LogP contribution in [0.4, 0.5) is 5.69 Å². The van der Waals surface area contributed by atoms with Crippen molar-refractivity contribution in [1.29, 1.82) is 0 Å². The molecular weight excluding hydrogens is 316 g/mol. The molecule has 1 unspecified atom stereocenters. The van der Waals surface area contributed by atoms with Gasteiger partial charge in [0.25, 0.3) is 0 Å². The first-order valence-electron chi connectivity index (χ1n) is 8.15. The van der Waals surface area contributed by atoms with Crippen LogP contribution < -0.4 is 15.2 Å². The molecule has 0 fully saturated rings. The smallest absolute Gasteiger partial charge is 0.234 e. The Morgan fingerprint density at radius 2 is 1.84 bits per heavy atom. The Kier molecular flexibility index (Phi) is 4.65. The van der Waals surface area contributed by atoms with Gasteiger partial charge < -0.3 is 15.2 Å². The average Bonchev–Trinajstić information content (AvgIpc) is 3.03. The van der Waals surface area contributed by atoms with Gasteiger partial charge in [0.05, 0.1) is 19.7 Å². The second kappa shape index (κ2) is 6.89. The lowest BCUT2D eigenvalue weighted by atomic mass is 10.00. The number of carbonyl (C=O) groups excluding carboxylic acids is 1. The number of fused-ring (bicyclic) bond motifs is 1. The third-order valence-corrected chi connectivity index (χ3v) is 4.36. The Hall–Kier alpha value is -2.95. The molecule has 1 heterocycles. The molecule has 25 heavy (non-hydrogen) atoms. The Morgan fingerprint density at radius 1 is 1.08 bits per heavy atom. The first-order valence-corrected chi connectivity index (χ1v) is 8.15. The van der Waals surface area contributed by atoms with E-state index in [0.717, 1.165) is 16.5 Å². The zero-order valence-electron chi connectivity index (χ0n) is 14.7. The van der Waals surface area contributed by atoms with E-state index >= 15 is 0 Å². The molecular formula is C20H22N2O3. The van der Waals surface area contributed by atoms with Gasteiger partial charge in [-0.3, -0.25) is 9.36 Å². The van der Waals surface area contributed by atoms with Gasteiger partial charge >= 0.3 is 0 Å². The van der Waals surface area contributed by atoms with E-state index in [9.17, 15) is 4.79 Å². The van der Waals surface area contributed by atoms with Crippen molar-refractivity contribution in [2.75, 3.05) is 20.0 Å². The van der Waals surface area contributed by atoms with Crippen molar-refractivity contribution in [3.63, 3.8) is 0 Å². The number of carbonyl (C=O) groups is 1. The molecule has 0 amide bonds. The van der Waals surface area contributed by atoms with Gasteiger partial charge in [0.1, 0.15) is 0 Å². The Labute approximate surface area is 147 Å². The molecule has 0 aliphatic heterocycles. The highest BCUT2D eigenvalue weighted by molar-refractivity contribution is 5.94. The summed E-state index contributed by atoms with van der Waals surface area (Å²) in [5, 5.41) is 0.965. The maximum absolute atomic E-state index is 12.9. The van der Waals surface area contributed by atoms with Crippen LogP contribution in [0.5, 0.6) is 11.5 Å². The maximum atomic E-state index is 12.9. The molecule has 0 saturated heterocycles. The number of hydrogen-bond acceptors (Lipinski definition) is 4. The first kappa shape index (κ1) is 16.9. The van der Waals surface area contributed by atoms with E-state index < -0.39 is 0 Å². The highest BCUT2D eigenvalue weighted by Crippen LogP contribution is 2.29. The van der Waals surface area contributed by atoms with Gasteiger partial charge in [0.15, 0.2) is 11.5 Å². The number of nitrogens with two attached hydrogens (primary N) is 1. The molecule has 0 radical (unpaired) electrons. The van der Waals surface area contributed by atoms with Gasteiger partial charge in [-0.05, 0) is 48.4 Å². The van der Waals surface area contributed by atoms with Crippen molar-refractivity contribution >= 4 is 22.5 Å². The molecule has 2 N–H and O–H groups in total. The summed E-state index contributed by atoms with van der Waals surface area (Å²) in [5.74, 6) is 1.22. The first-order chi connectivity index (χ1) is 12.0. The fourth-order valence-corrected chi connectivity index (χ4v) is 3.04. The molecule has 1 atom stereocenters. The molecule has 0 spiro atoms. The maximum Gasteiger partial charge on any atom is 0.234 e. The van der Waals surface area contributed by atoms with Gasteiger partial charge in [0, 0.05) is 23.2 Å². The summed E-state index contributed by atoms with van der Waals surface area (Å²) >= 11 is 0. The van der Waals surface area contributed by atoms with Crippen LogP contribution >= 0.6 is 0 Å². The van der Waals surface area contributed by atoms with Crippen LogP contribution in [0.15, 0.2) is 48.7 Å². The molecule has 3 aromatic rings. The average molecular weight is 338 g/mol. The molecule has 2 aromatic carbocycles. The van der Waals surface area contributed by atoms with Crippen molar-refractivity contribution in [1.82, 2.24) is 4.57 Å². The number of ether oxygens (including phenoxy) is 2. The monoisotopic (exact) mass is 338 g/mol. The summed E-state index contributed by atoms with van der Waals surface area (Å²) in [6.07, 6.45) is 2.42. The van der Waals surface area contributed by atoms with Crippen LogP contribution in [0.1, 0.15) is 17.3 Å². The van der Waals surface area contributed by atoms with Crippen LogP contribution in [0.3, 0.4) is 0 Å². The van der Waals surface area contributed by atoms with E-state index in [0.29, 0.717) is 23.6 Å². The van der Waals surface area contributed by atoms with Crippen molar-refractivity contribution in [3.05, 3.63) is 54.2 Å². The summed E-state index contributed by atoms with van der Waals surface area (Å²) in [7, 11) is 3.21. The fraction of sp³-hybridized carbons (Fsp3) is 0.250. The van der Waals surface area contributed by atoms with E-state index in [1.807, 2.05) is 49.4 Å². The number of benzene rings is 2. The minimum Gasteiger partial charge on any atom is -0.493 e. The van der Waals surface area contributed by atoms with Crippen LogP contribution in [-0.4, -0.2) is 24.7 Å². The summed E-state index contributed by atoms with van der Waals surface area (Å²) in [6, 6.07) is 13.2. The molecule has 0 aliphatic carbocycles. The molecule has 3 rings (SSSR count). The van der Waals surface area contributed by atoms with Crippen molar-refractivity contribution < 1.29 is 14.3 Å². The predicted molar refractivity (Wildman–Crippen MR) is 99.4 cm³/mol. The number of aromatic nitrogens is 1. The van der Waals surface area contributed by atoms with E-state index in [-0.39, 0.29) is 11.8 Å². The third kappa shape index (κ3) is 3.31. The second-order valence-electron chi connectivity index (χ2n) is 6.14. The zero-order chi connectivity index (χ0) is 18.0. The zero-order valence-corrected chi connectivity index (χ0v) is 14.7. The second-order valence-corrected chi connectivity index (χ2v) is 6.14. The predicted octanol–water partition coefficient (Wildman–Crippen LogP) is 3.76. The number of anilines is 1. The van der Waals surface area contributed by atoms with Gasteiger partial charge in [-0.15, -0.1) is 0 Å². The summed E-state index contributed by atoms with van der Waals surface area (Å²) < 4.78 is 12.3. The van der Waals surface area contributed by atoms with E-state index in [4.69, 9.17) is 15.2 Å². The summed E-state index contributed by atoms with van der Waals surface area (Å²) in [6.45, 7) is 1.93. The van der Waals surface area contributed by atoms with Crippen molar-refractivity contribution in [2.24, 2.45) is 5.92 Å². The van der Waals surface area contributed by atoms with Gasteiger partial charge in [-0.1, -0.05) is 13.0 Å². The number of hydrogen-bond donors (Lipinski definition) is 1. The third-order valence-electron chi connectivity index (χ3n) is 4.36. The van der Waals surface area contributed by atoms with E-state index in [1.54, 1.807) is 25.0 Å². The molecule has 130 valence electrons. The lowest BCUT2D eigenvalue weighted by Gasteiger charge is -2.14. The van der Waals surface area contributed by atoms with E-state index in [1.165, 1.54) is 0 Å². The highest BCUT2D eigenvalue weighted by atomic mass is 16.5. The van der Waals surface area contributed by atoms with Gasteiger partial charge in [0.2, 0.25) is 5.91 Å². The van der Waals surface area contributed by atoms with Crippen LogP contribution in [-0.2, 0) is 6.42 Å². The number of nitrogen functional groups attached to an aromatic ring is 1. The van der Waals surface area contributed by atoms with Crippen molar-refractivity contribution in [3.8, 4) is 11.5 Å². The number of methoxy groups -OCH3 is 2.